The van der Waals surface area contributed by atoms with Gasteiger partial charge < -0.3 is 24.1 Å². The van der Waals surface area contributed by atoms with Crippen LogP contribution in [-0.2, 0) is 16.0 Å². The summed E-state index contributed by atoms with van der Waals surface area (Å²) in [5.41, 5.74) is 3.01. The largest absolute Gasteiger partial charge is 0.447 e. The summed E-state index contributed by atoms with van der Waals surface area (Å²) < 4.78 is 16.3. The second-order valence-electron chi connectivity index (χ2n) is 8.75. The number of anilines is 2. The molecule has 0 aliphatic carbocycles. The summed E-state index contributed by atoms with van der Waals surface area (Å²) in [5.74, 6) is 0.758. The molecule has 2 aliphatic heterocycles. The minimum Gasteiger partial charge on any atom is -0.447 e. The van der Waals surface area contributed by atoms with Crippen molar-refractivity contribution in [3.63, 3.8) is 0 Å². The van der Waals surface area contributed by atoms with Gasteiger partial charge in [0.25, 0.3) is 0 Å². The van der Waals surface area contributed by atoms with E-state index in [9.17, 15) is 4.79 Å². The lowest BCUT2D eigenvalue weighted by Crippen LogP contribution is -2.54. The van der Waals surface area contributed by atoms with E-state index in [2.05, 4.69) is 20.4 Å². The van der Waals surface area contributed by atoms with Crippen LogP contribution in [0.25, 0.3) is 0 Å². The minimum atomic E-state index is -0.245. The number of carbonyl (C=O) groups excluding carboxylic acids is 1. The normalized spacial score (nSPS) is 19.8. The maximum atomic E-state index is 12.3. The maximum absolute atomic E-state index is 12.3. The number of hydrogen-bond acceptors (Lipinski definition) is 8. The number of ether oxygens (including phenoxy) is 2. The van der Waals surface area contributed by atoms with Crippen molar-refractivity contribution < 1.29 is 18.7 Å². The summed E-state index contributed by atoms with van der Waals surface area (Å²) in [6, 6.07) is 4.25. The highest BCUT2D eigenvalue weighted by Crippen LogP contribution is 2.30. The van der Waals surface area contributed by atoms with E-state index in [1.165, 1.54) is 0 Å². The number of rotatable bonds is 6. The number of nitrogens with one attached hydrogen (secondary N) is 1. The summed E-state index contributed by atoms with van der Waals surface area (Å²) in [7, 11) is 0. The van der Waals surface area contributed by atoms with E-state index in [4.69, 9.17) is 25.5 Å². The van der Waals surface area contributed by atoms with Crippen LogP contribution in [0.15, 0.2) is 16.5 Å². The van der Waals surface area contributed by atoms with Gasteiger partial charge in [0.2, 0.25) is 5.89 Å². The third-order valence-corrected chi connectivity index (χ3v) is 6.04. The standard InChI is InChI=1S/C22H30ClN5O4/c1-13(2)31-22(29)28-6-5-27(9-14(28)3)10-16-7-18(23)8-19(15(16)4)24-21-26-25-20(32-21)17-11-30-12-17/h7-8,13-14,17H,5-6,9-12H2,1-4H3,(H,24,26)/t14-/m0/s1. The Labute approximate surface area is 193 Å². The summed E-state index contributed by atoms with van der Waals surface area (Å²) in [5, 5.41) is 12.0. The third-order valence-electron chi connectivity index (χ3n) is 5.83. The summed E-state index contributed by atoms with van der Waals surface area (Å²) in [6.45, 7) is 11.9. The molecule has 0 radical (unpaired) electrons. The Kier molecular flexibility index (Phi) is 6.88. The molecular weight excluding hydrogens is 434 g/mol. The van der Waals surface area contributed by atoms with Crippen molar-refractivity contribution in [2.75, 3.05) is 38.2 Å². The molecule has 0 unspecified atom stereocenters. The number of aromatic nitrogens is 2. The average molecular weight is 464 g/mol. The highest BCUT2D eigenvalue weighted by atomic mass is 35.5. The van der Waals surface area contributed by atoms with Gasteiger partial charge in [0.1, 0.15) is 0 Å². The van der Waals surface area contributed by atoms with Crippen LogP contribution in [0.2, 0.25) is 5.02 Å². The van der Waals surface area contributed by atoms with Gasteiger partial charge in [-0.2, -0.15) is 0 Å². The Balaban J connectivity index is 1.41. The molecule has 2 saturated heterocycles. The molecule has 32 heavy (non-hydrogen) atoms. The Morgan fingerprint density at radius 2 is 2.09 bits per heavy atom. The molecule has 1 amide bonds. The highest BCUT2D eigenvalue weighted by Gasteiger charge is 2.29. The van der Waals surface area contributed by atoms with Gasteiger partial charge in [-0.05, 0) is 51.0 Å². The first-order valence-corrected chi connectivity index (χ1v) is 11.3. The van der Waals surface area contributed by atoms with Crippen LogP contribution in [0.3, 0.4) is 0 Å². The lowest BCUT2D eigenvalue weighted by atomic mass is 10.0. The van der Waals surface area contributed by atoms with Gasteiger partial charge in [-0.15, -0.1) is 5.10 Å². The highest BCUT2D eigenvalue weighted by molar-refractivity contribution is 6.31. The molecule has 1 aromatic carbocycles. The molecule has 2 aromatic rings. The fraction of sp³-hybridized carbons (Fsp3) is 0.591. The quantitative estimate of drug-likeness (QED) is 0.688. The average Bonchev–Trinajstić information content (AvgIpc) is 3.11. The molecule has 0 saturated carbocycles. The Hall–Kier alpha value is -2.36. The molecule has 2 fully saturated rings. The number of piperazine rings is 1. The lowest BCUT2D eigenvalue weighted by molar-refractivity contribution is -0.00214. The van der Waals surface area contributed by atoms with Crippen molar-refractivity contribution >= 4 is 29.4 Å². The van der Waals surface area contributed by atoms with Crippen molar-refractivity contribution in [1.82, 2.24) is 20.0 Å². The Morgan fingerprint density at radius 1 is 1.31 bits per heavy atom. The molecule has 2 aliphatic rings. The van der Waals surface area contributed by atoms with Crippen LogP contribution in [-0.4, -0.2) is 71.1 Å². The second kappa shape index (κ2) is 9.64. The van der Waals surface area contributed by atoms with Crippen LogP contribution in [0, 0.1) is 6.92 Å². The van der Waals surface area contributed by atoms with Crippen LogP contribution >= 0.6 is 11.6 Å². The van der Waals surface area contributed by atoms with Gasteiger partial charge in [-0.25, -0.2) is 4.79 Å². The molecule has 4 rings (SSSR count). The summed E-state index contributed by atoms with van der Waals surface area (Å²) in [4.78, 5) is 16.4. The number of hydrogen-bond donors (Lipinski definition) is 1. The van der Waals surface area contributed by atoms with Gasteiger partial charge in [0.15, 0.2) is 0 Å². The van der Waals surface area contributed by atoms with Gasteiger partial charge in [-0.1, -0.05) is 16.7 Å². The maximum Gasteiger partial charge on any atom is 0.410 e. The number of carbonyl (C=O) groups is 1. The van der Waals surface area contributed by atoms with E-state index >= 15 is 0 Å². The zero-order valence-electron chi connectivity index (χ0n) is 18.9. The molecule has 0 spiro atoms. The first-order chi connectivity index (χ1) is 15.3. The molecule has 1 N–H and O–H groups in total. The van der Waals surface area contributed by atoms with Crippen LogP contribution in [0.1, 0.15) is 43.7 Å². The predicted octanol–water partition coefficient (Wildman–Crippen LogP) is 3.94. The first kappa shape index (κ1) is 22.8. The fourth-order valence-electron chi connectivity index (χ4n) is 3.93. The van der Waals surface area contributed by atoms with Gasteiger partial charge in [-0.3, -0.25) is 4.90 Å². The van der Waals surface area contributed by atoms with E-state index in [1.807, 2.05) is 39.8 Å². The van der Waals surface area contributed by atoms with Crippen molar-refractivity contribution in [3.8, 4) is 0 Å². The zero-order chi connectivity index (χ0) is 22.8. The van der Waals surface area contributed by atoms with E-state index < -0.39 is 0 Å². The van der Waals surface area contributed by atoms with E-state index in [-0.39, 0.29) is 24.2 Å². The molecule has 0 bridgehead atoms. The van der Waals surface area contributed by atoms with E-state index in [0.29, 0.717) is 36.7 Å². The Morgan fingerprint density at radius 3 is 2.75 bits per heavy atom. The van der Waals surface area contributed by atoms with Gasteiger partial charge in [0.05, 0.1) is 25.2 Å². The molecular formula is C22H30ClN5O4. The third kappa shape index (κ3) is 5.16. The second-order valence-corrected chi connectivity index (χ2v) is 9.19. The smallest absolute Gasteiger partial charge is 0.410 e. The van der Waals surface area contributed by atoms with Crippen LogP contribution in [0.4, 0.5) is 16.5 Å². The van der Waals surface area contributed by atoms with Crippen molar-refractivity contribution in [3.05, 3.63) is 34.2 Å². The summed E-state index contributed by atoms with van der Waals surface area (Å²) >= 11 is 6.42. The van der Waals surface area contributed by atoms with Gasteiger partial charge >= 0.3 is 12.1 Å². The van der Waals surface area contributed by atoms with Crippen LogP contribution < -0.4 is 5.32 Å². The van der Waals surface area contributed by atoms with Crippen molar-refractivity contribution in [1.29, 1.82) is 0 Å². The fourth-order valence-corrected chi connectivity index (χ4v) is 4.17. The van der Waals surface area contributed by atoms with Crippen molar-refractivity contribution in [2.24, 2.45) is 0 Å². The van der Waals surface area contributed by atoms with Gasteiger partial charge in [0, 0.05) is 42.9 Å². The number of halogens is 1. The molecule has 1 aromatic heterocycles. The van der Waals surface area contributed by atoms with Crippen LogP contribution in [0.5, 0.6) is 0 Å². The molecule has 3 heterocycles. The lowest BCUT2D eigenvalue weighted by Gasteiger charge is -2.39. The first-order valence-electron chi connectivity index (χ1n) is 11.0. The summed E-state index contributed by atoms with van der Waals surface area (Å²) in [6.07, 6.45) is -0.366. The van der Waals surface area contributed by atoms with Crippen molar-refractivity contribution in [2.45, 2.75) is 52.3 Å². The number of benzene rings is 1. The molecule has 10 heteroatoms. The molecule has 9 nitrogen and oxygen atoms in total. The topological polar surface area (TPSA) is 93.0 Å². The van der Waals surface area contributed by atoms with E-state index in [0.717, 1.165) is 36.4 Å². The zero-order valence-corrected chi connectivity index (χ0v) is 19.7. The number of nitrogens with zero attached hydrogens (tertiary/aromatic N) is 4. The minimum absolute atomic E-state index is 0.0689. The SMILES string of the molecule is Cc1c(CN2CCN(C(=O)OC(C)C)[C@@H](C)C2)cc(Cl)cc1Nc1nnc(C2COC2)o1. The predicted molar refractivity (Wildman–Crippen MR) is 120 cm³/mol. The number of amides is 1. The molecule has 174 valence electrons. The van der Waals surface area contributed by atoms with E-state index in [1.54, 1.807) is 4.90 Å². The monoisotopic (exact) mass is 463 g/mol. The Bertz CT molecular complexity index is 962. The molecule has 1 atom stereocenters.